The Bertz CT molecular complexity index is 869. The van der Waals surface area contributed by atoms with Crippen LogP contribution < -0.4 is 14.8 Å². The predicted octanol–water partition coefficient (Wildman–Crippen LogP) is 3.43. The number of nitro benzene ring substituents is 2. The van der Waals surface area contributed by atoms with Crippen molar-refractivity contribution in [2.45, 2.75) is 0 Å². The van der Waals surface area contributed by atoms with Crippen molar-refractivity contribution in [2.75, 3.05) is 19.5 Å². The third-order valence-corrected chi connectivity index (χ3v) is 3.60. The summed E-state index contributed by atoms with van der Waals surface area (Å²) in [6.07, 6.45) is 0. The van der Waals surface area contributed by atoms with E-state index in [-0.39, 0.29) is 27.8 Å². The van der Waals surface area contributed by atoms with Crippen LogP contribution in [0.5, 0.6) is 11.5 Å². The molecule has 0 fully saturated rings. The monoisotopic (exact) mass is 381 g/mol. The zero-order valence-electron chi connectivity index (χ0n) is 13.5. The molecular formula is C15H12ClN3O7. The Balaban J connectivity index is 2.44. The first-order valence-corrected chi connectivity index (χ1v) is 7.31. The summed E-state index contributed by atoms with van der Waals surface area (Å²) >= 11 is 5.98. The van der Waals surface area contributed by atoms with E-state index in [4.69, 9.17) is 21.1 Å². The number of nitrogens with zero attached hydrogens (tertiary/aromatic N) is 2. The van der Waals surface area contributed by atoms with E-state index < -0.39 is 27.1 Å². The molecule has 0 aliphatic rings. The molecule has 0 unspecified atom stereocenters. The third kappa shape index (κ3) is 3.98. The first kappa shape index (κ1) is 18.9. The number of amides is 1. The standard InChI is InChI=1S/C15H12ClN3O7/c1-25-13-7-12(14(26-2)6-11(13)16)17-15(20)8-3-9(18(21)22)5-10(4-8)19(23)24/h3-7H,1-2H3,(H,17,20). The molecule has 0 aliphatic carbocycles. The summed E-state index contributed by atoms with van der Waals surface area (Å²) in [5.74, 6) is -0.337. The van der Waals surface area contributed by atoms with Gasteiger partial charge in [-0.1, -0.05) is 11.6 Å². The zero-order chi connectivity index (χ0) is 19.4. The Labute approximate surface area is 151 Å². The number of nitrogens with one attached hydrogen (secondary N) is 1. The van der Waals surface area contributed by atoms with Crippen LogP contribution in [0.1, 0.15) is 10.4 Å². The van der Waals surface area contributed by atoms with E-state index in [0.29, 0.717) is 0 Å². The fourth-order valence-corrected chi connectivity index (χ4v) is 2.32. The molecule has 11 heteroatoms. The first-order valence-electron chi connectivity index (χ1n) is 6.93. The topological polar surface area (TPSA) is 134 Å². The zero-order valence-corrected chi connectivity index (χ0v) is 14.3. The van der Waals surface area contributed by atoms with Crippen molar-refractivity contribution in [1.82, 2.24) is 0 Å². The van der Waals surface area contributed by atoms with Gasteiger partial charge in [-0.05, 0) is 0 Å². The lowest BCUT2D eigenvalue weighted by molar-refractivity contribution is -0.394. The number of carbonyl (C=O) groups is 1. The highest BCUT2D eigenvalue weighted by Crippen LogP contribution is 2.36. The van der Waals surface area contributed by atoms with E-state index >= 15 is 0 Å². The van der Waals surface area contributed by atoms with Gasteiger partial charge in [-0.3, -0.25) is 25.0 Å². The Morgan fingerprint density at radius 3 is 1.96 bits per heavy atom. The van der Waals surface area contributed by atoms with Crippen LogP contribution >= 0.6 is 11.6 Å². The van der Waals surface area contributed by atoms with Gasteiger partial charge in [0.2, 0.25) is 0 Å². The lowest BCUT2D eigenvalue weighted by atomic mass is 10.1. The minimum atomic E-state index is -0.824. The van der Waals surface area contributed by atoms with Crippen molar-refractivity contribution >= 4 is 34.6 Å². The first-order chi connectivity index (χ1) is 12.3. The number of rotatable bonds is 6. The molecule has 10 nitrogen and oxygen atoms in total. The molecule has 0 bridgehead atoms. The molecule has 0 saturated heterocycles. The maximum atomic E-state index is 12.4. The van der Waals surface area contributed by atoms with Gasteiger partial charge in [-0.15, -0.1) is 0 Å². The van der Waals surface area contributed by atoms with E-state index in [9.17, 15) is 25.0 Å². The fraction of sp³-hybridized carbons (Fsp3) is 0.133. The molecule has 2 aromatic rings. The molecule has 0 atom stereocenters. The highest BCUT2D eigenvalue weighted by atomic mass is 35.5. The number of benzene rings is 2. The summed E-state index contributed by atoms with van der Waals surface area (Å²) in [5, 5.41) is 24.6. The van der Waals surface area contributed by atoms with Crippen LogP contribution in [0.25, 0.3) is 0 Å². The van der Waals surface area contributed by atoms with Crippen LogP contribution in [0.2, 0.25) is 5.02 Å². The second-order valence-corrected chi connectivity index (χ2v) is 5.30. The van der Waals surface area contributed by atoms with Gasteiger partial charge in [-0.25, -0.2) is 0 Å². The Morgan fingerprint density at radius 1 is 0.962 bits per heavy atom. The van der Waals surface area contributed by atoms with Crippen LogP contribution in [-0.4, -0.2) is 30.0 Å². The number of methoxy groups -OCH3 is 2. The molecule has 0 aromatic heterocycles. The van der Waals surface area contributed by atoms with E-state index in [1.807, 2.05) is 0 Å². The second kappa shape index (κ2) is 7.66. The van der Waals surface area contributed by atoms with Gasteiger partial charge in [0.25, 0.3) is 17.3 Å². The molecule has 26 heavy (non-hydrogen) atoms. The molecule has 2 aromatic carbocycles. The Hall–Kier alpha value is -3.40. The SMILES string of the molecule is COc1cc(NC(=O)c2cc([N+](=O)[O-])cc([N+](=O)[O-])c2)c(OC)cc1Cl. The van der Waals surface area contributed by atoms with E-state index in [1.54, 1.807) is 0 Å². The van der Waals surface area contributed by atoms with Gasteiger partial charge in [0, 0.05) is 24.3 Å². The number of hydrogen-bond donors (Lipinski definition) is 1. The molecule has 1 amide bonds. The van der Waals surface area contributed by atoms with Gasteiger partial charge in [0.1, 0.15) is 11.5 Å². The minimum Gasteiger partial charge on any atom is -0.495 e. The van der Waals surface area contributed by atoms with Crippen LogP contribution in [0.3, 0.4) is 0 Å². The second-order valence-electron chi connectivity index (χ2n) is 4.89. The van der Waals surface area contributed by atoms with Crippen molar-refractivity contribution in [3.63, 3.8) is 0 Å². The summed E-state index contributed by atoms with van der Waals surface area (Å²) in [4.78, 5) is 32.6. The highest BCUT2D eigenvalue weighted by molar-refractivity contribution is 6.32. The lowest BCUT2D eigenvalue weighted by Gasteiger charge is -2.13. The summed E-state index contributed by atoms with van der Waals surface area (Å²) in [7, 11) is 2.73. The molecule has 0 saturated carbocycles. The Kier molecular flexibility index (Phi) is 5.58. The lowest BCUT2D eigenvalue weighted by Crippen LogP contribution is -2.13. The quantitative estimate of drug-likeness (QED) is 0.598. The molecule has 136 valence electrons. The third-order valence-electron chi connectivity index (χ3n) is 3.31. The van der Waals surface area contributed by atoms with Gasteiger partial charge >= 0.3 is 0 Å². The average molecular weight is 382 g/mol. The molecule has 0 radical (unpaired) electrons. The minimum absolute atomic E-state index is 0.174. The number of hydrogen-bond acceptors (Lipinski definition) is 7. The molecule has 2 rings (SSSR count). The number of carbonyl (C=O) groups excluding carboxylic acids is 1. The average Bonchev–Trinajstić information content (AvgIpc) is 2.62. The van der Waals surface area contributed by atoms with Crippen molar-refractivity contribution in [1.29, 1.82) is 0 Å². The molecular weight excluding hydrogens is 370 g/mol. The van der Waals surface area contributed by atoms with E-state index in [2.05, 4.69) is 5.32 Å². The largest absolute Gasteiger partial charge is 0.495 e. The van der Waals surface area contributed by atoms with Crippen LogP contribution in [0.15, 0.2) is 30.3 Å². The molecule has 0 heterocycles. The van der Waals surface area contributed by atoms with Gasteiger partial charge in [0.05, 0.1) is 46.4 Å². The van der Waals surface area contributed by atoms with Gasteiger partial charge < -0.3 is 14.8 Å². The maximum Gasteiger partial charge on any atom is 0.277 e. The van der Waals surface area contributed by atoms with Gasteiger partial charge in [0.15, 0.2) is 0 Å². The van der Waals surface area contributed by atoms with Crippen molar-refractivity contribution in [3.8, 4) is 11.5 Å². The fourth-order valence-electron chi connectivity index (χ4n) is 2.09. The van der Waals surface area contributed by atoms with E-state index in [0.717, 1.165) is 18.2 Å². The predicted molar refractivity (Wildman–Crippen MR) is 92.3 cm³/mol. The summed E-state index contributed by atoms with van der Waals surface area (Å²) in [5.41, 5.74) is -1.25. The summed E-state index contributed by atoms with van der Waals surface area (Å²) in [6, 6.07) is 5.43. The summed E-state index contributed by atoms with van der Waals surface area (Å²) in [6.45, 7) is 0. The highest BCUT2D eigenvalue weighted by Gasteiger charge is 2.21. The summed E-state index contributed by atoms with van der Waals surface area (Å²) < 4.78 is 10.2. The number of halogens is 1. The number of nitro groups is 2. The normalized spacial score (nSPS) is 10.1. The number of anilines is 1. The van der Waals surface area contributed by atoms with Crippen LogP contribution in [0, 0.1) is 20.2 Å². The molecule has 0 aliphatic heterocycles. The van der Waals surface area contributed by atoms with E-state index in [1.165, 1.54) is 26.4 Å². The van der Waals surface area contributed by atoms with Crippen molar-refractivity contribution < 1.29 is 24.1 Å². The maximum absolute atomic E-state index is 12.4. The molecule has 0 spiro atoms. The van der Waals surface area contributed by atoms with Crippen LogP contribution in [-0.2, 0) is 0 Å². The van der Waals surface area contributed by atoms with Crippen molar-refractivity contribution in [3.05, 3.63) is 61.1 Å². The number of non-ortho nitro benzene ring substituents is 2. The van der Waals surface area contributed by atoms with Crippen molar-refractivity contribution in [2.24, 2.45) is 0 Å². The molecule has 1 N–H and O–H groups in total. The van der Waals surface area contributed by atoms with Gasteiger partial charge in [-0.2, -0.15) is 0 Å². The smallest absolute Gasteiger partial charge is 0.277 e. The van der Waals surface area contributed by atoms with Crippen LogP contribution in [0.4, 0.5) is 17.1 Å². The Morgan fingerprint density at radius 2 is 1.50 bits per heavy atom. The number of ether oxygens (including phenoxy) is 2.